The van der Waals surface area contributed by atoms with Crippen molar-refractivity contribution in [2.75, 3.05) is 19.6 Å². The molecular formula is C11H21NO2. The predicted octanol–water partition coefficient (Wildman–Crippen LogP) is 1.83. The van der Waals surface area contributed by atoms with Crippen LogP contribution in [0.1, 0.15) is 33.6 Å². The fraction of sp³-hybridized carbons (Fsp3) is 0.909. The highest BCUT2D eigenvalue weighted by atomic mass is 16.4. The quantitative estimate of drug-likeness (QED) is 0.751. The van der Waals surface area contributed by atoms with Crippen LogP contribution in [0.5, 0.6) is 0 Å². The number of likely N-dealkylation sites (tertiary alicyclic amines) is 1. The highest BCUT2D eigenvalue weighted by Gasteiger charge is 2.39. The first-order chi connectivity index (χ1) is 6.44. The van der Waals surface area contributed by atoms with Gasteiger partial charge in [0.2, 0.25) is 0 Å². The van der Waals surface area contributed by atoms with E-state index in [-0.39, 0.29) is 0 Å². The molecule has 0 spiro atoms. The minimum Gasteiger partial charge on any atom is -0.481 e. The van der Waals surface area contributed by atoms with E-state index in [1.165, 1.54) is 0 Å². The normalized spacial score (nSPS) is 28.6. The Morgan fingerprint density at radius 2 is 2.21 bits per heavy atom. The van der Waals surface area contributed by atoms with E-state index in [2.05, 4.69) is 18.7 Å². The summed E-state index contributed by atoms with van der Waals surface area (Å²) >= 11 is 0. The summed E-state index contributed by atoms with van der Waals surface area (Å²) in [6.07, 6.45) is 1.95. The van der Waals surface area contributed by atoms with Gasteiger partial charge in [-0.1, -0.05) is 13.8 Å². The molecule has 1 heterocycles. The van der Waals surface area contributed by atoms with Gasteiger partial charge in [0, 0.05) is 6.54 Å². The third kappa shape index (κ3) is 2.71. The lowest BCUT2D eigenvalue weighted by Gasteiger charge is -2.20. The Balaban J connectivity index is 2.37. The maximum absolute atomic E-state index is 11.0. The molecule has 1 atom stereocenters. The second-order valence-electron chi connectivity index (χ2n) is 5.07. The molecule has 82 valence electrons. The van der Waals surface area contributed by atoms with Gasteiger partial charge in [-0.2, -0.15) is 0 Å². The summed E-state index contributed by atoms with van der Waals surface area (Å²) in [4.78, 5) is 13.3. The summed E-state index contributed by atoms with van der Waals surface area (Å²) in [6.45, 7) is 8.95. The van der Waals surface area contributed by atoms with Gasteiger partial charge in [0.05, 0.1) is 5.41 Å². The average molecular weight is 199 g/mol. The van der Waals surface area contributed by atoms with Crippen LogP contribution >= 0.6 is 0 Å². The molecule has 0 aromatic rings. The molecule has 0 aromatic heterocycles. The van der Waals surface area contributed by atoms with Crippen molar-refractivity contribution in [2.45, 2.75) is 33.6 Å². The van der Waals surface area contributed by atoms with E-state index < -0.39 is 11.4 Å². The highest BCUT2D eigenvalue weighted by Crippen LogP contribution is 2.30. The van der Waals surface area contributed by atoms with Crippen LogP contribution in [0.3, 0.4) is 0 Å². The number of hydrogen-bond acceptors (Lipinski definition) is 2. The van der Waals surface area contributed by atoms with Gasteiger partial charge in [-0.05, 0) is 38.8 Å². The molecule has 3 nitrogen and oxygen atoms in total. The Kier molecular flexibility index (Phi) is 3.53. The van der Waals surface area contributed by atoms with Crippen molar-refractivity contribution in [1.29, 1.82) is 0 Å². The second kappa shape index (κ2) is 4.30. The number of carboxylic acids is 1. The summed E-state index contributed by atoms with van der Waals surface area (Å²) in [5.74, 6) is 0.0521. The number of carbonyl (C=O) groups is 1. The van der Waals surface area contributed by atoms with Crippen LogP contribution in [0.15, 0.2) is 0 Å². The van der Waals surface area contributed by atoms with E-state index >= 15 is 0 Å². The van der Waals surface area contributed by atoms with E-state index in [4.69, 9.17) is 5.11 Å². The molecule has 0 saturated carbocycles. The fourth-order valence-electron chi connectivity index (χ4n) is 1.86. The van der Waals surface area contributed by atoms with E-state index in [1.807, 2.05) is 6.92 Å². The zero-order valence-electron chi connectivity index (χ0n) is 9.42. The van der Waals surface area contributed by atoms with Crippen molar-refractivity contribution in [3.05, 3.63) is 0 Å². The van der Waals surface area contributed by atoms with Crippen LogP contribution in [0, 0.1) is 11.3 Å². The molecular weight excluding hydrogens is 178 g/mol. The third-order valence-electron chi connectivity index (χ3n) is 3.09. The number of nitrogens with zero attached hydrogens (tertiary/aromatic N) is 1. The zero-order valence-corrected chi connectivity index (χ0v) is 9.42. The molecule has 1 N–H and O–H groups in total. The first kappa shape index (κ1) is 11.5. The summed E-state index contributed by atoms with van der Waals surface area (Å²) in [5, 5.41) is 9.04. The Hall–Kier alpha value is -0.570. The molecule has 3 heteroatoms. The van der Waals surface area contributed by atoms with Gasteiger partial charge in [-0.25, -0.2) is 0 Å². The van der Waals surface area contributed by atoms with E-state index in [1.54, 1.807) is 0 Å². The van der Waals surface area contributed by atoms with E-state index in [0.29, 0.717) is 5.92 Å². The van der Waals surface area contributed by atoms with Crippen molar-refractivity contribution in [3.8, 4) is 0 Å². The molecule has 0 aromatic carbocycles. The summed E-state index contributed by atoms with van der Waals surface area (Å²) in [6, 6.07) is 0. The lowest BCUT2D eigenvalue weighted by molar-refractivity contribution is -0.147. The molecule has 1 rings (SSSR count). The molecule has 1 saturated heterocycles. The molecule has 1 aliphatic rings. The number of rotatable bonds is 4. The van der Waals surface area contributed by atoms with Crippen LogP contribution in [0.4, 0.5) is 0 Å². The molecule has 0 aliphatic carbocycles. The fourth-order valence-corrected chi connectivity index (χ4v) is 1.86. The van der Waals surface area contributed by atoms with E-state index in [9.17, 15) is 4.79 Å². The molecule has 0 radical (unpaired) electrons. The van der Waals surface area contributed by atoms with Crippen LogP contribution in [0.25, 0.3) is 0 Å². The summed E-state index contributed by atoms with van der Waals surface area (Å²) in [7, 11) is 0. The van der Waals surface area contributed by atoms with Crippen molar-refractivity contribution in [2.24, 2.45) is 11.3 Å². The van der Waals surface area contributed by atoms with Gasteiger partial charge in [-0.15, -0.1) is 0 Å². The maximum Gasteiger partial charge on any atom is 0.310 e. The van der Waals surface area contributed by atoms with Crippen LogP contribution in [-0.4, -0.2) is 35.6 Å². The van der Waals surface area contributed by atoms with Crippen molar-refractivity contribution in [3.63, 3.8) is 0 Å². The van der Waals surface area contributed by atoms with Gasteiger partial charge in [0.1, 0.15) is 0 Å². The molecule has 1 unspecified atom stereocenters. The summed E-state index contributed by atoms with van der Waals surface area (Å²) in [5.41, 5.74) is -0.503. The Morgan fingerprint density at radius 1 is 1.57 bits per heavy atom. The van der Waals surface area contributed by atoms with Crippen molar-refractivity contribution >= 4 is 5.97 Å². The van der Waals surface area contributed by atoms with Gasteiger partial charge >= 0.3 is 5.97 Å². The lowest BCUT2D eigenvalue weighted by Crippen LogP contribution is -2.32. The maximum atomic E-state index is 11.0. The van der Waals surface area contributed by atoms with Crippen molar-refractivity contribution < 1.29 is 9.90 Å². The van der Waals surface area contributed by atoms with Crippen molar-refractivity contribution in [1.82, 2.24) is 4.90 Å². The third-order valence-corrected chi connectivity index (χ3v) is 3.09. The molecule has 1 aliphatic heterocycles. The smallest absolute Gasteiger partial charge is 0.310 e. The molecule has 14 heavy (non-hydrogen) atoms. The Bertz CT molecular complexity index is 215. The van der Waals surface area contributed by atoms with E-state index in [0.717, 1.165) is 32.5 Å². The Morgan fingerprint density at radius 3 is 2.64 bits per heavy atom. The first-order valence-electron chi connectivity index (χ1n) is 5.40. The Labute approximate surface area is 86.1 Å². The van der Waals surface area contributed by atoms with Gasteiger partial charge in [0.25, 0.3) is 0 Å². The number of carboxylic acid groups (broad SMARTS) is 1. The topological polar surface area (TPSA) is 40.5 Å². The average Bonchev–Trinajstić information content (AvgIpc) is 2.45. The van der Waals surface area contributed by atoms with Crippen LogP contribution < -0.4 is 0 Å². The SMILES string of the molecule is CC(C)CCN1CCC(C)(C(=O)O)C1. The van der Waals surface area contributed by atoms with Gasteiger partial charge < -0.3 is 10.0 Å². The summed E-state index contributed by atoms with van der Waals surface area (Å²) < 4.78 is 0. The number of hydrogen-bond donors (Lipinski definition) is 1. The number of aliphatic carboxylic acids is 1. The molecule has 0 amide bonds. The van der Waals surface area contributed by atoms with Gasteiger partial charge in [0.15, 0.2) is 0 Å². The molecule has 1 fully saturated rings. The van der Waals surface area contributed by atoms with Crippen LogP contribution in [0.2, 0.25) is 0 Å². The lowest BCUT2D eigenvalue weighted by atomic mass is 9.90. The van der Waals surface area contributed by atoms with Crippen LogP contribution in [-0.2, 0) is 4.79 Å². The monoisotopic (exact) mass is 199 g/mol. The predicted molar refractivity (Wildman–Crippen MR) is 56.3 cm³/mol. The zero-order chi connectivity index (χ0) is 10.8. The largest absolute Gasteiger partial charge is 0.481 e. The van der Waals surface area contributed by atoms with Gasteiger partial charge in [-0.3, -0.25) is 4.79 Å². The second-order valence-corrected chi connectivity index (χ2v) is 5.07. The minimum atomic E-state index is -0.649. The first-order valence-corrected chi connectivity index (χ1v) is 5.40. The minimum absolute atomic E-state index is 0.503. The molecule has 0 bridgehead atoms. The highest BCUT2D eigenvalue weighted by molar-refractivity contribution is 5.74. The standard InChI is InChI=1S/C11H21NO2/c1-9(2)4-6-12-7-5-11(3,8-12)10(13)14/h9H,4-8H2,1-3H3,(H,13,14).